The van der Waals surface area contributed by atoms with Gasteiger partial charge in [-0.05, 0) is 65.9 Å². The van der Waals surface area contributed by atoms with Gasteiger partial charge in [0.1, 0.15) is 41.4 Å². The van der Waals surface area contributed by atoms with Crippen molar-refractivity contribution in [3.63, 3.8) is 0 Å². The summed E-state index contributed by atoms with van der Waals surface area (Å²) in [7, 11) is 0. The normalized spacial score (nSPS) is 16.1. The van der Waals surface area contributed by atoms with E-state index in [9.17, 15) is 44.4 Å². The van der Waals surface area contributed by atoms with Gasteiger partial charge in [0.05, 0.1) is 13.1 Å². The number of nitrogens with one attached hydrogen (secondary N) is 4. The molecule has 1 aliphatic rings. The Hall–Kier alpha value is -6.36. The van der Waals surface area contributed by atoms with Crippen LogP contribution in [0.25, 0.3) is 0 Å². The molecule has 3 aromatic rings. The highest BCUT2D eigenvalue weighted by atomic mass is 16.4. The van der Waals surface area contributed by atoms with E-state index in [1.165, 1.54) is 72.8 Å². The number of guanidine groups is 1. The van der Waals surface area contributed by atoms with Gasteiger partial charge in [-0.2, -0.15) is 0 Å². The van der Waals surface area contributed by atoms with Crippen LogP contribution < -0.4 is 38.1 Å². The molecular formula is C33H39N8O9+. The Morgan fingerprint density at radius 3 is 1.80 bits per heavy atom. The fourth-order valence-corrected chi connectivity index (χ4v) is 5.27. The predicted octanol–water partition coefficient (Wildman–Crippen LogP) is -2.57. The van der Waals surface area contributed by atoms with Gasteiger partial charge < -0.3 is 47.0 Å². The minimum atomic E-state index is -1.42. The Bertz CT molecular complexity index is 1730. The maximum absolute atomic E-state index is 13.7. The van der Waals surface area contributed by atoms with Gasteiger partial charge in [0.15, 0.2) is 6.04 Å². The molecule has 1 aliphatic heterocycles. The van der Waals surface area contributed by atoms with E-state index >= 15 is 0 Å². The quantitative estimate of drug-likeness (QED) is 0.0339. The minimum Gasteiger partial charge on any atom is -0.508 e. The van der Waals surface area contributed by atoms with Gasteiger partial charge in [-0.25, -0.2) is 4.79 Å². The van der Waals surface area contributed by atoms with Crippen LogP contribution in [-0.2, 0) is 24.0 Å². The lowest BCUT2D eigenvalue weighted by Gasteiger charge is -2.42. The molecule has 50 heavy (non-hydrogen) atoms. The first-order valence-corrected chi connectivity index (χ1v) is 15.4. The van der Waals surface area contributed by atoms with Crippen LogP contribution in [0.4, 0.5) is 0 Å². The van der Waals surface area contributed by atoms with Crippen molar-refractivity contribution in [2.75, 3.05) is 13.1 Å². The first kappa shape index (κ1) is 36.5. The Morgan fingerprint density at radius 2 is 1.30 bits per heavy atom. The number of carboxylic acids is 1. The lowest BCUT2D eigenvalue weighted by molar-refractivity contribution is -0.459. The largest absolute Gasteiger partial charge is 0.508 e. The van der Waals surface area contributed by atoms with Crippen molar-refractivity contribution in [1.82, 2.24) is 20.9 Å². The van der Waals surface area contributed by atoms with Crippen molar-refractivity contribution in [3.05, 3.63) is 89.5 Å². The first-order valence-electron chi connectivity index (χ1n) is 15.4. The molecule has 0 aromatic heterocycles. The zero-order chi connectivity index (χ0) is 36.5. The second kappa shape index (κ2) is 16.2. The molecule has 0 spiro atoms. The lowest BCUT2D eigenvalue weighted by Crippen LogP contribution is -2.78. The van der Waals surface area contributed by atoms with Crippen molar-refractivity contribution in [1.29, 1.82) is 0 Å². The number of β-lactam (4-membered cyclic amide) rings is 1. The van der Waals surface area contributed by atoms with E-state index in [-0.39, 0.29) is 53.8 Å². The average molecular weight is 692 g/mol. The van der Waals surface area contributed by atoms with Crippen LogP contribution in [-0.4, -0.2) is 86.1 Å². The van der Waals surface area contributed by atoms with Crippen LogP contribution in [0.5, 0.6) is 17.2 Å². The third-order valence-electron chi connectivity index (χ3n) is 7.97. The monoisotopic (exact) mass is 691 g/mol. The maximum atomic E-state index is 13.7. The fourth-order valence-electron chi connectivity index (χ4n) is 5.27. The van der Waals surface area contributed by atoms with E-state index in [0.29, 0.717) is 12.0 Å². The van der Waals surface area contributed by atoms with Gasteiger partial charge in [-0.15, -0.1) is 0 Å². The molecule has 1 saturated heterocycles. The van der Waals surface area contributed by atoms with Crippen molar-refractivity contribution in [3.8, 4) is 17.2 Å². The fraction of sp³-hybridized carbons (Fsp3) is 0.273. The van der Waals surface area contributed by atoms with E-state index in [1.54, 1.807) is 0 Å². The third kappa shape index (κ3) is 9.16. The molecular weight excluding hydrogens is 652 g/mol. The summed E-state index contributed by atoms with van der Waals surface area (Å²) in [6.07, 6.45) is 0.340. The number of likely N-dealkylation sites (tertiary alicyclic amines) is 1. The highest BCUT2D eigenvalue weighted by Gasteiger charge is 2.45. The summed E-state index contributed by atoms with van der Waals surface area (Å²) < 4.78 is 0. The summed E-state index contributed by atoms with van der Waals surface area (Å²) in [5, 5.41) is 46.6. The maximum Gasteiger partial charge on any atom is 0.338 e. The topological polar surface area (TPSA) is 298 Å². The third-order valence-corrected chi connectivity index (χ3v) is 7.97. The van der Waals surface area contributed by atoms with E-state index in [0.717, 1.165) is 4.90 Å². The molecule has 0 saturated carbocycles. The number of phenolic OH excluding ortho intramolecular Hbond substituents is 3. The molecule has 0 radical (unpaired) electrons. The van der Waals surface area contributed by atoms with Crippen molar-refractivity contribution in [2.45, 2.75) is 43.1 Å². The van der Waals surface area contributed by atoms with Crippen LogP contribution in [0.15, 0.2) is 72.8 Å². The van der Waals surface area contributed by atoms with E-state index in [4.69, 9.17) is 17.2 Å². The highest BCUT2D eigenvalue weighted by molar-refractivity contribution is 5.98. The molecule has 17 nitrogen and oxygen atoms in total. The van der Waals surface area contributed by atoms with E-state index < -0.39 is 59.8 Å². The molecule has 264 valence electrons. The van der Waals surface area contributed by atoms with Crippen LogP contribution in [0.1, 0.15) is 47.7 Å². The van der Waals surface area contributed by atoms with E-state index in [2.05, 4.69) is 20.9 Å². The van der Waals surface area contributed by atoms with Gasteiger partial charge in [0.2, 0.25) is 23.6 Å². The number of carboxylic acid groups (broad SMARTS) is 1. The SMILES string of the molecule is NC(N)=[NH+]CCC[C@H](NC(=O)[C@@H](N)c1ccc(O)cc1)C(=O)N[C@@H](C(=O)N[C@H]1CN([C@@H](C(=O)O)c2ccc(O)cc2)C1=O)c1ccc(O)cc1. The summed E-state index contributed by atoms with van der Waals surface area (Å²) in [6.45, 7) is 0.0798. The summed E-state index contributed by atoms with van der Waals surface area (Å²) in [5.41, 5.74) is 17.9. The van der Waals surface area contributed by atoms with Crippen LogP contribution in [0, 0.1) is 0 Å². The van der Waals surface area contributed by atoms with Gasteiger partial charge in [-0.3, -0.25) is 35.6 Å². The Labute approximate surface area is 285 Å². The summed E-state index contributed by atoms with van der Waals surface area (Å²) in [6, 6.07) is 9.95. The zero-order valence-corrected chi connectivity index (χ0v) is 26.7. The number of nitrogens with two attached hydrogens (primary N) is 3. The average Bonchev–Trinajstić information content (AvgIpc) is 3.08. The molecule has 5 atom stereocenters. The first-order chi connectivity index (χ1) is 23.7. The number of nitrogens with zero attached hydrogens (tertiary/aromatic N) is 1. The Kier molecular flexibility index (Phi) is 11.8. The summed E-state index contributed by atoms with van der Waals surface area (Å²) >= 11 is 0. The molecule has 0 unspecified atom stereocenters. The molecule has 0 aliphatic carbocycles. The number of aliphatic carboxylic acids is 1. The van der Waals surface area contributed by atoms with Gasteiger partial charge in [0.25, 0.3) is 0 Å². The minimum absolute atomic E-state index is 0.0315. The number of carbonyl (C=O) groups excluding carboxylic acids is 4. The number of hydrogen-bond acceptors (Lipinski definition) is 9. The Balaban J connectivity index is 1.51. The summed E-state index contributed by atoms with van der Waals surface area (Å²) in [5.74, 6) is -4.61. The molecule has 1 fully saturated rings. The number of hydrogen-bond donors (Lipinski definition) is 11. The van der Waals surface area contributed by atoms with Crippen molar-refractivity contribution < 1.29 is 49.4 Å². The van der Waals surface area contributed by atoms with Crippen LogP contribution in [0.3, 0.4) is 0 Å². The predicted molar refractivity (Wildman–Crippen MR) is 177 cm³/mol. The number of phenols is 3. The molecule has 4 amide bonds. The second-order valence-corrected chi connectivity index (χ2v) is 11.6. The highest BCUT2D eigenvalue weighted by Crippen LogP contribution is 2.29. The van der Waals surface area contributed by atoms with Crippen molar-refractivity contribution in [2.24, 2.45) is 17.2 Å². The van der Waals surface area contributed by atoms with Gasteiger partial charge >= 0.3 is 11.9 Å². The second-order valence-electron chi connectivity index (χ2n) is 11.6. The van der Waals surface area contributed by atoms with E-state index in [1.807, 2.05) is 0 Å². The number of carbonyl (C=O) groups is 5. The zero-order valence-electron chi connectivity index (χ0n) is 26.7. The molecule has 1 heterocycles. The number of benzene rings is 3. The lowest BCUT2D eigenvalue weighted by atomic mass is 9.97. The van der Waals surface area contributed by atoms with Gasteiger partial charge in [-0.1, -0.05) is 36.4 Å². The number of amides is 4. The molecule has 14 N–H and O–H groups in total. The summed E-state index contributed by atoms with van der Waals surface area (Å²) in [4.78, 5) is 69.5. The Morgan fingerprint density at radius 1 is 0.780 bits per heavy atom. The molecule has 17 heteroatoms. The van der Waals surface area contributed by atoms with Crippen molar-refractivity contribution >= 4 is 35.6 Å². The number of rotatable bonds is 15. The number of aromatic hydroxyl groups is 3. The van der Waals surface area contributed by atoms with Crippen LogP contribution >= 0.6 is 0 Å². The molecule has 3 aromatic carbocycles. The smallest absolute Gasteiger partial charge is 0.338 e. The standard InChI is InChI=1S/C33H38N8O9/c34-25(17-3-9-20(42)10-4-17)29(46)38-23(2-1-15-37-33(35)36)28(45)40-26(18-5-11-21(43)12-6-18)30(47)39-24-16-41(31(24)48)27(32(49)50)19-7-13-22(44)14-8-19/h3-14,23-27,42-44H,1-2,15-16,34H2,(H,38,46)(H,39,47)(H,40,45)(H,49,50)(H4,35,36,37)/p+1/t23-,24-,25-,26+,27+/m0/s1. The molecule has 0 bridgehead atoms. The van der Waals surface area contributed by atoms with Crippen LogP contribution in [0.2, 0.25) is 0 Å². The molecule has 4 rings (SSSR count). The van der Waals surface area contributed by atoms with Gasteiger partial charge in [0, 0.05) is 0 Å².